The lowest BCUT2D eigenvalue weighted by Gasteiger charge is -2.17. The summed E-state index contributed by atoms with van der Waals surface area (Å²) < 4.78 is 5.13. The van der Waals surface area contributed by atoms with E-state index < -0.39 is 6.04 Å². The summed E-state index contributed by atoms with van der Waals surface area (Å²) in [6.07, 6.45) is 0.537. The number of aliphatic hydroxyl groups is 1. The third kappa shape index (κ3) is 1.99. The summed E-state index contributed by atoms with van der Waals surface area (Å²) in [6.45, 7) is 0.529. The molecule has 1 aromatic carbocycles. The molecule has 1 amide bonds. The number of methoxy groups -OCH3 is 1. The van der Waals surface area contributed by atoms with Gasteiger partial charge in [-0.05, 0) is 12.5 Å². The minimum absolute atomic E-state index is 0.0539. The SMILES string of the molecule is COc1ccc2c(c1)N(CCCO)C(=O)C2N. The largest absolute Gasteiger partial charge is 0.497 e. The maximum Gasteiger partial charge on any atom is 0.248 e. The predicted molar refractivity (Wildman–Crippen MR) is 64.0 cm³/mol. The highest BCUT2D eigenvalue weighted by Crippen LogP contribution is 2.37. The Morgan fingerprint density at radius 2 is 2.29 bits per heavy atom. The van der Waals surface area contributed by atoms with Crippen LogP contribution in [0.25, 0.3) is 0 Å². The molecule has 0 radical (unpaired) electrons. The molecule has 0 saturated carbocycles. The van der Waals surface area contributed by atoms with Gasteiger partial charge in [-0.2, -0.15) is 0 Å². The zero-order chi connectivity index (χ0) is 12.4. The van der Waals surface area contributed by atoms with E-state index in [0.29, 0.717) is 18.7 Å². The average Bonchev–Trinajstić information content (AvgIpc) is 2.59. The van der Waals surface area contributed by atoms with Crippen molar-refractivity contribution >= 4 is 11.6 Å². The second kappa shape index (κ2) is 4.73. The zero-order valence-corrected chi connectivity index (χ0v) is 9.72. The first kappa shape index (κ1) is 11.9. The van der Waals surface area contributed by atoms with E-state index in [1.54, 1.807) is 24.1 Å². The summed E-state index contributed by atoms with van der Waals surface area (Å²) in [7, 11) is 1.58. The lowest BCUT2D eigenvalue weighted by Crippen LogP contribution is -2.32. The molecule has 1 aliphatic heterocycles. The number of amides is 1. The monoisotopic (exact) mass is 236 g/mol. The second-order valence-corrected chi connectivity index (χ2v) is 3.97. The number of carbonyl (C=O) groups is 1. The van der Waals surface area contributed by atoms with Crippen molar-refractivity contribution in [1.29, 1.82) is 0 Å². The van der Waals surface area contributed by atoms with Crippen molar-refractivity contribution in [3.8, 4) is 5.75 Å². The van der Waals surface area contributed by atoms with E-state index in [9.17, 15) is 4.79 Å². The minimum atomic E-state index is -0.602. The second-order valence-electron chi connectivity index (χ2n) is 3.97. The third-order valence-corrected chi connectivity index (χ3v) is 2.94. The number of fused-ring (bicyclic) bond motifs is 1. The number of rotatable bonds is 4. The number of nitrogens with two attached hydrogens (primary N) is 1. The molecule has 1 heterocycles. The molecule has 0 bridgehead atoms. The molecule has 0 aliphatic carbocycles. The molecule has 1 aromatic rings. The summed E-state index contributed by atoms with van der Waals surface area (Å²) in [5.74, 6) is 0.571. The lowest BCUT2D eigenvalue weighted by molar-refractivity contribution is -0.119. The molecule has 1 atom stereocenters. The van der Waals surface area contributed by atoms with Gasteiger partial charge in [-0.25, -0.2) is 0 Å². The minimum Gasteiger partial charge on any atom is -0.497 e. The molecule has 0 fully saturated rings. The van der Waals surface area contributed by atoms with Crippen molar-refractivity contribution in [2.45, 2.75) is 12.5 Å². The van der Waals surface area contributed by atoms with Gasteiger partial charge in [-0.3, -0.25) is 4.79 Å². The van der Waals surface area contributed by atoms with Crippen LogP contribution in [0.1, 0.15) is 18.0 Å². The highest BCUT2D eigenvalue weighted by atomic mass is 16.5. The van der Waals surface area contributed by atoms with Crippen LogP contribution in [0.2, 0.25) is 0 Å². The van der Waals surface area contributed by atoms with Crippen LogP contribution in [0.3, 0.4) is 0 Å². The van der Waals surface area contributed by atoms with Gasteiger partial charge >= 0.3 is 0 Å². The first-order valence-electron chi connectivity index (χ1n) is 5.54. The molecule has 1 unspecified atom stereocenters. The molecular formula is C12H16N2O3. The summed E-state index contributed by atoms with van der Waals surface area (Å²) in [5.41, 5.74) is 7.45. The van der Waals surface area contributed by atoms with Crippen LogP contribution in [0.5, 0.6) is 5.75 Å². The number of nitrogens with zero attached hydrogens (tertiary/aromatic N) is 1. The number of hydrogen-bond donors (Lipinski definition) is 2. The van der Waals surface area contributed by atoms with E-state index >= 15 is 0 Å². The number of benzene rings is 1. The predicted octanol–water partition coefficient (Wildman–Crippen LogP) is 0.424. The fraction of sp³-hybridized carbons (Fsp3) is 0.417. The summed E-state index contributed by atoms with van der Waals surface area (Å²) >= 11 is 0. The Hall–Kier alpha value is -1.59. The van der Waals surface area contributed by atoms with E-state index in [0.717, 1.165) is 11.3 Å². The highest BCUT2D eigenvalue weighted by Gasteiger charge is 2.34. The summed E-state index contributed by atoms with van der Waals surface area (Å²) in [5, 5.41) is 8.83. The van der Waals surface area contributed by atoms with Crippen LogP contribution in [-0.4, -0.2) is 31.3 Å². The van der Waals surface area contributed by atoms with E-state index in [4.69, 9.17) is 15.6 Å². The normalized spacial score (nSPS) is 18.4. The molecule has 17 heavy (non-hydrogen) atoms. The van der Waals surface area contributed by atoms with Crippen molar-refractivity contribution in [3.05, 3.63) is 23.8 Å². The number of carbonyl (C=O) groups excluding carboxylic acids is 1. The van der Waals surface area contributed by atoms with Crippen LogP contribution >= 0.6 is 0 Å². The molecular weight excluding hydrogens is 220 g/mol. The van der Waals surface area contributed by atoms with Gasteiger partial charge in [0.2, 0.25) is 5.91 Å². The van der Waals surface area contributed by atoms with Gasteiger partial charge in [-0.1, -0.05) is 6.07 Å². The quantitative estimate of drug-likeness (QED) is 0.794. The Balaban J connectivity index is 2.35. The van der Waals surface area contributed by atoms with Crippen LogP contribution in [-0.2, 0) is 4.79 Å². The molecule has 0 aromatic heterocycles. The molecule has 5 heteroatoms. The molecule has 3 N–H and O–H groups in total. The van der Waals surface area contributed by atoms with Gasteiger partial charge in [0.25, 0.3) is 0 Å². The molecule has 5 nitrogen and oxygen atoms in total. The molecule has 0 spiro atoms. The lowest BCUT2D eigenvalue weighted by atomic mass is 10.1. The van der Waals surface area contributed by atoms with E-state index in [1.165, 1.54) is 0 Å². The van der Waals surface area contributed by atoms with Crippen molar-refractivity contribution in [1.82, 2.24) is 0 Å². The Kier molecular flexibility index (Phi) is 3.31. The molecule has 1 aliphatic rings. The summed E-state index contributed by atoms with van der Waals surface area (Å²) in [4.78, 5) is 13.6. The number of aliphatic hydroxyl groups excluding tert-OH is 1. The Labute approximate surface area is 99.8 Å². The Morgan fingerprint density at radius 1 is 1.53 bits per heavy atom. The van der Waals surface area contributed by atoms with Crippen LogP contribution in [0.15, 0.2) is 18.2 Å². The van der Waals surface area contributed by atoms with Gasteiger partial charge < -0.3 is 20.5 Å². The molecule has 2 rings (SSSR count). The summed E-state index contributed by atoms with van der Waals surface area (Å²) in [6, 6.07) is 4.81. The number of hydrogen-bond acceptors (Lipinski definition) is 4. The fourth-order valence-electron chi connectivity index (χ4n) is 2.03. The van der Waals surface area contributed by atoms with Crippen LogP contribution in [0.4, 0.5) is 5.69 Å². The van der Waals surface area contributed by atoms with Crippen LogP contribution in [0, 0.1) is 0 Å². The van der Waals surface area contributed by atoms with Gasteiger partial charge in [-0.15, -0.1) is 0 Å². The third-order valence-electron chi connectivity index (χ3n) is 2.94. The average molecular weight is 236 g/mol. The van der Waals surface area contributed by atoms with E-state index in [1.807, 2.05) is 6.07 Å². The first-order chi connectivity index (χ1) is 8.19. The van der Waals surface area contributed by atoms with Crippen molar-refractivity contribution in [2.24, 2.45) is 5.73 Å². The number of anilines is 1. The van der Waals surface area contributed by atoms with Gasteiger partial charge in [0.05, 0.1) is 12.8 Å². The maximum atomic E-state index is 11.9. The van der Waals surface area contributed by atoms with E-state index in [2.05, 4.69) is 0 Å². The van der Waals surface area contributed by atoms with Crippen molar-refractivity contribution < 1.29 is 14.6 Å². The first-order valence-corrected chi connectivity index (χ1v) is 5.54. The molecule has 0 saturated heterocycles. The van der Waals surface area contributed by atoms with Crippen molar-refractivity contribution in [2.75, 3.05) is 25.2 Å². The van der Waals surface area contributed by atoms with Gasteiger partial charge in [0, 0.05) is 24.8 Å². The highest BCUT2D eigenvalue weighted by molar-refractivity contribution is 6.04. The zero-order valence-electron chi connectivity index (χ0n) is 9.72. The van der Waals surface area contributed by atoms with Gasteiger partial charge in [0.1, 0.15) is 11.8 Å². The maximum absolute atomic E-state index is 11.9. The van der Waals surface area contributed by atoms with E-state index in [-0.39, 0.29) is 12.5 Å². The number of ether oxygens (including phenoxy) is 1. The standard InChI is InChI=1S/C12H16N2O3/c1-17-8-3-4-9-10(7-8)14(5-2-6-15)12(16)11(9)13/h3-4,7,11,15H,2,5-6,13H2,1H3. The van der Waals surface area contributed by atoms with Crippen LogP contribution < -0.4 is 15.4 Å². The smallest absolute Gasteiger partial charge is 0.248 e. The van der Waals surface area contributed by atoms with Crippen molar-refractivity contribution in [3.63, 3.8) is 0 Å². The Morgan fingerprint density at radius 3 is 2.94 bits per heavy atom. The van der Waals surface area contributed by atoms with Gasteiger partial charge in [0.15, 0.2) is 0 Å². The molecule has 92 valence electrons. The Bertz CT molecular complexity index is 434. The topological polar surface area (TPSA) is 75.8 Å². The fourth-order valence-corrected chi connectivity index (χ4v) is 2.03.